The minimum Gasteiger partial charge on any atom is -0.381 e. The van der Waals surface area contributed by atoms with Crippen LogP contribution in [-0.4, -0.2) is 42.3 Å². The van der Waals surface area contributed by atoms with Crippen LogP contribution in [0.4, 0.5) is 0 Å². The number of nitrogens with one attached hydrogen (secondary N) is 1. The molecule has 3 aliphatic rings. The molecule has 0 aromatic heterocycles. The topological polar surface area (TPSA) is 41.6 Å². The molecule has 1 N–H and O–H groups in total. The van der Waals surface area contributed by atoms with Crippen molar-refractivity contribution in [1.82, 2.24) is 10.2 Å². The molecular formula is C15H26N2O2. The van der Waals surface area contributed by atoms with Gasteiger partial charge in [0, 0.05) is 19.8 Å². The molecule has 2 aliphatic heterocycles. The summed E-state index contributed by atoms with van der Waals surface area (Å²) in [5.41, 5.74) is -0.203. The van der Waals surface area contributed by atoms with Gasteiger partial charge < -0.3 is 9.64 Å². The van der Waals surface area contributed by atoms with Gasteiger partial charge in [0.05, 0.1) is 11.7 Å². The van der Waals surface area contributed by atoms with Gasteiger partial charge in [-0.15, -0.1) is 0 Å². The predicted octanol–water partition coefficient (Wildman–Crippen LogP) is 1.89. The van der Waals surface area contributed by atoms with Crippen LogP contribution in [0.3, 0.4) is 0 Å². The zero-order valence-electron chi connectivity index (χ0n) is 12.0. The zero-order valence-corrected chi connectivity index (χ0v) is 12.0. The first-order chi connectivity index (χ1) is 9.25. The minimum absolute atomic E-state index is 0.203. The zero-order chi connectivity index (χ0) is 13.3. The van der Waals surface area contributed by atoms with Gasteiger partial charge in [-0.3, -0.25) is 10.1 Å². The Labute approximate surface area is 115 Å². The fraction of sp³-hybridized carbons (Fsp3) is 0.933. The number of carbonyl (C=O) groups is 1. The number of nitrogens with zero attached hydrogens (tertiary/aromatic N) is 1. The molecule has 0 aromatic carbocycles. The van der Waals surface area contributed by atoms with Crippen molar-refractivity contribution in [2.45, 2.75) is 63.6 Å². The Morgan fingerprint density at radius 3 is 2.63 bits per heavy atom. The van der Waals surface area contributed by atoms with Crippen LogP contribution in [0.1, 0.15) is 51.9 Å². The Kier molecular flexibility index (Phi) is 3.81. The van der Waals surface area contributed by atoms with Crippen molar-refractivity contribution in [2.24, 2.45) is 5.92 Å². The minimum atomic E-state index is -0.203. The molecule has 3 fully saturated rings. The van der Waals surface area contributed by atoms with E-state index in [4.69, 9.17) is 4.74 Å². The van der Waals surface area contributed by atoms with Crippen molar-refractivity contribution in [2.75, 3.05) is 19.8 Å². The third-order valence-electron chi connectivity index (χ3n) is 5.13. The number of hydrogen-bond acceptors (Lipinski definition) is 3. The second kappa shape index (κ2) is 5.41. The lowest BCUT2D eigenvalue weighted by atomic mass is 9.96. The molecule has 2 heterocycles. The van der Waals surface area contributed by atoms with Crippen molar-refractivity contribution in [3.8, 4) is 0 Å². The lowest BCUT2D eigenvalue weighted by Gasteiger charge is -2.30. The van der Waals surface area contributed by atoms with E-state index in [0.29, 0.717) is 11.8 Å². The van der Waals surface area contributed by atoms with Gasteiger partial charge in [-0.25, -0.2) is 0 Å². The molecule has 0 aromatic rings. The summed E-state index contributed by atoms with van der Waals surface area (Å²) in [6.07, 6.45) is 7.94. The number of carbonyl (C=O) groups excluding carboxylic acids is 1. The third kappa shape index (κ3) is 2.40. The van der Waals surface area contributed by atoms with Gasteiger partial charge in [0.15, 0.2) is 0 Å². The molecule has 1 aliphatic carbocycles. The van der Waals surface area contributed by atoms with Crippen LogP contribution in [0, 0.1) is 5.92 Å². The normalized spacial score (nSPS) is 31.5. The first kappa shape index (κ1) is 13.4. The number of rotatable bonds is 3. The second-order valence-corrected chi connectivity index (χ2v) is 6.37. The fourth-order valence-electron chi connectivity index (χ4n) is 3.95. The predicted molar refractivity (Wildman–Crippen MR) is 73.7 cm³/mol. The Morgan fingerprint density at radius 2 is 2.00 bits per heavy atom. The molecule has 0 radical (unpaired) electrons. The lowest BCUT2D eigenvalue weighted by molar-refractivity contribution is -0.134. The van der Waals surface area contributed by atoms with E-state index in [1.807, 2.05) is 0 Å². The number of hydrogen-bond donors (Lipinski definition) is 1. The van der Waals surface area contributed by atoms with E-state index < -0.39 is 0 Å². The van der Waals surface area contributed by atoms with Crippen molar-refractivity contribution >= 4 is 5.91 Å². The average molecular weight is 266 g/mol. The second-order valence-electron chi connectivity index (χ2n) is 6.37. The van der Waals surface area contributed by atoms with Crippen molar-refractivity contribution < 1.29 is 9.53 Å². The third-order valence-corrected chi connectivity index (χ3v) is 5.13. The van der Waals surface area contributed by atoms with Gasteiger partial charge in [0.25, 0.3) is 0 Å². The molecule has 19 heavy (non-hydrogen) atoms. The summed E-state index contributed by atoms with van der Waals surface area (Å²) in [7, 11) is 0. The van der Waals surface area contributed by atoms with E-state index in [1.54, 1.807) is 0 Å². The van der Waals surface area contributed by atoms with Gasteiger partial charge >= 0.3 is 0 Å². The van der Waals surface area contributed by atoms with Crippen LogP contribution >= 0.6 is 0 Å². The van der Waals surface area contributed by atoms with Crippen LogP contribution in [0.2, 0.25) is 0 Å². The molecule has 1 atom stereocenters. The van der Waals surface area contributed by atoms with E-state index in [0.717, 1.165) is 51.9 Å². The number of ether oxygens (including phenoxy) is 1. The Bertz CT molecular complexity index is 333. The van der Waals surface area contributed by atoms with E-state index >= 15 is 0 Å². The molecule has 2 saturated heterocycles. The van der Waals surface area contributed by atoms with E-state index in [2.05, 4.69) is 17.1 Å². The summed E-state index contributed by atoms with van der Waals surface area (Å²) < 4.78 is 5.42. The van der Waals surface area contributed by atoms with Crippen LogP contribution in [-0.2, 0) is 9.53 Å². The quantitative estimate of drug-likeness (QED) is 0.848. The maximum Gasteiger partial charge on any atom is 0.244 e. The van der Waals surface area contributed by atoms with Gasteiger partial charge in [0.1, 0.15) is 0 Å². The highest BCUT2D eigenvalue weighted by Crippen LogP contribution is 2.37. The summed E-state index contributed by atoms with van der Waals surface area (Å²) in [4.78, 5) is 14.9. The molecular weight excluding hydrogens is 240 g/mol. The highest BCUT2D eigenvalue weighted by atomic mass is 16.5. The fourth-order valence-corrected chi connectivity index (χ4v) is 3.95. The van der Waals surface area contributed by atoms with Crippen LogP contribution in [0.25, 0.3) is 0 Å². The standard InChI is InChI=1S/C15H26N2O2/c1-2-13-16-15(7-3-4-8-15)14(18)17(13)11-12-5-9-19-10-6-12/h12-13,16H,2-11H2,1H3. The largest absolute Gasteiger partial charge is 0.381 e. The smallest absolute Gasteiger partial charge is 0.244 e. The molecule has 3 rings (SSSR count). The van der Waals surface area contributed by atoms with Gasteiger partial charge in [-0.2, -0.15) is 0 Å². The van der Waals surface area contributed by atoms with Gasteiger partial charge in [-0.1, -0.05) is 19.8 Å². The summed E-state index contributed by atoms with van der Waals surface area (Å²) in [5, 5.41) is 3.65. The van der Waals surface area contributed by atoms with Crippen LogP contribution in [0.5, 0.6) is 0 Å². The van der Waals surface area contributed by atoms with Crippen molar-refractivity contribution in [1.29, 1.82) is 0 Å². The highest BCUT2D eigenvalue weighted by Gasteiger charge is 2.51. The van der Waals surface area contributed by atoms with Crippen LogP contribution in [0.15, 0.2) is 0 Å². The van der Waals surface area contributed by atoms with Gasteiger partial charge in [0.2, 0.25) is 5.91 Å². The Hall–Kier alpha value is -0.610. The maximum absolute atomic E-state index is 12.8. The molecule has 108 valence electrons. The van der Waals surface area contributed by atoms with Crippen molar-refractivity contribution in [3.63, 3.8) is 0 Å². The summed E-state index contributed by atoms with van der Waals surface area (Å²) in [6.45, 7) is 4.83. The number of amides is 1. The molecule has 4 heteroatoms. The van der Waals surface area contributed by atoms with E-state index in [9.17, 15) is 4.79 Å². The Balaban J connectivity index is 1.69. The van der Waals surface area contributed by atoms with Gasteiger partial charge in [-0.05, 0) is 38.0 Å². The van der Waals surface area contributed by atoms with E-state index in [-0.39, 0.29) is 11.7 Å². The first-order valence-corrected chi connectivity index (χ1v) is 7.92. The SMILES string of the molecule is CCC1NC2(CCCC2)C(=O)N1CC1CCOCC1. The lowest BCUT2D eigenvalue weighted by Crippen LogP contribution is -2.44. The average Bonchev–Trinajstić information content (AvgIpc) is 3.01. The highest BCUT2D eigenvalue weighted by molar-refractivity contribution is 5.89. The monoisotopic (exact) mass is 266 g/mol. The van der Waals surface area contributed by atoms with Crippen LogP contribution < -0.4 is 5.32 Å². The summed E-state index contributed by atoms with van der Waals surface area (Å²) in [5.74, 6) is 1.01. The Morgan fingerprint density at radius 1 is 1.32 bits per heavy atom. The van der Waals surface area contributed by atoms with Crippen molar-refractivity contribution in [3.05, 3.63) is 0 Å². The maximum atomic E-state index is 12.8. The molecule has 1 spiro atoms. The molecule has 1 saturated carbocycles. The summed E-state index contributed by atoms with van der Waals surface area (Å²) in [6, 6.07) is 0. The molecule has 1 unspecified atom stereocenters. The summed E-state index contributed by atoms with van der Waals surface area (Å²) >= 11 is 0. The molecule has 0 bridgehead atoms. The molecule has 1 amide bonds. The first-order valence-electron chi connectivity index (χ1n) is 7.92. The molecule has 4 nitrogen and oxygen atoms in total. The van der Waals surface area contributed by atoms with E-state index in [1.165, 1.54) is 12.8 Å².